The minimum atomic E-state index is 0.532. The Hall–Kier alpha value is -2.62. The standard InChI is InChI=1S/C17H15N3O/c1-10-3-2-4-13-15(10)16(18)20-17(19-13)12-5-6-14-11(9-12)7-8-21-14/h2-6,9H,7-8H2,1H3,(H2,18,19,20). The topological polar surface area (TPSA) is 61.0 Å². The van der Waals surface area contributed by atoms with Gasteiger partial charge >= 0.3 is 0 Å². The zero-order chi connectivity index (χ0) is 14.4. The van der Waals surface area contributed by atoms with Gasteiger partial charge in [0.1, 0.15) is 11.6 Å². The number of ether oxygens (including phenoxy) is 1. The summed E-state index contributed by atoms with van der Waals surface area (Å²) in [6.07, 6.45) is 0.936. The van der Waals surface area contributed by atoms with E-state index in [1.165, 1.54) is 5.56 Å². The number of hydrogen-bond acceptors (Lipinski definition) is 4. The van der Waals surface area contributed by atoms with E-state index in [2.05, 4.69) is 16.0 Å². The van der Waals surface area contributed by atoms with Gasteiger partial charge in [-0.1, -0.05) is 12.1 Å². The molecule has 4 heteroatoms. The van der Waals surface area contributed by atoms with E-state index >= 15 is 0 Å². The van der Waals surface area contributed by atoms with Gasteiger partial charge in [-0.3, -0.25) is 0 Å². The van der Waals surface area contributed by atoms with Crippen molar-refractivity contribution in [2.45, 2.75) is 13.3 Å². The van der Waals surface area contributed by atoms with E-state index in [1.807, 2.05) is 37.3 Å². The minimum Gasteiger partial charge on any atom is -0.493 e. The molecule has 0 bridgehead atoms. The molecule has 21 heavy (non-hydrogen) atoms. The fourth-order valence-corrected chi connectivity index (χ4v) is 2.84. The second-order valence-corrected chi connectivity index (χ2v) is 5.32. The molecule has 4 nitrogen and oxygen atoms in total. The summed E-state index contributed by atoms with van der Waals surface area (Å²) in [5.74, 6) is 2.16. The normalized spacial score (nSPS) is 13.2. The van der Waals surface area contributed by atoms with Crippen molar-refractivity contribution >= 4 is 16.7 Å². The van der Waals surface area contributed by atoms with Crippen LogP contribution in [0.15, 0.2) is 36.4 Å². The van der Waals surface area contributed by atoms with Crippen molar-refractivity contribution in [2.75, 3.05) is 12.3 Å². The molecule has 104 valence electrons. The van der Waals surface area contributed by atoms with E-state index in [1.54, 1.807) is 0 Å². The largest absolute Gasteiger partial charge is 0.493 e. The predicted octanol–water partition coefficient (Wildman–Crippen LogP) is 3.12. The van der Waals surface area contributed by atoms with Crippen molar-refractivity contribution in [1.29, 1.82) is 0 Å². The molecule has 0 amide bonds. The fourth-order valence-electron chi connectivity index (χ4n) is 2.84. The van der Waals surface area contributed by atoms with Crippen molar-refractivity contribution < 1.29 is 4.74 Å². The maximum Gasteiger partial charge on any atom is 0.162 e. The summed E-state index contributed by atoms with van der Waals surface area (Å²) in [6, 6.07) is 12.1. The summed E-state index contributed by atoms with van der Waals surface area (Å²) in [5.41, 5.74) is 10.3. The van der Waals surface area contributed by atoms with E-state index in [9.17, 15) is 0 Å². The molecule has 0 atom stereocenters. The molecule has 0 fully saturated rings. The summed E-state index contributed by atoms with van der Waals surface area (Å²) in [7, 11) is 0. The summed E-state index contributed by atoms with van der Waals surface area (Å²) in [5, 5.41) is 0.936. The summed E-state index contributed by atoms with van der Waals surface area (Å²) in [4.78, 5) is 9.14. The number of fused-ring (bicyclic) bond motifs is 2. The Bertz CT molecular complexity index is 858. The highest BCUT2D eigenvalue weighted by Crippen LogP contribution is 2.31. The van der Waals surface area contributed by atoms with Crippen LogP contribution in [-0.4, -0.2) is 16.6 Å². The third-order valence-corrected chi connectivity index (χ3v) is 3.91. The number of nitrogen functional groups attached to an aromatic ring is 1. The second-order valence-electron chi connectivity index (χ2n) is 5.32. The second kappa shape index (κ2) is 4.45. The first-order chi connectivity index (χ1) is 10.2. The highest BCUT2D eigenvalue weighted by atomic mass is 16.5. The minimum absolute atomic E-state index is 0.532. The molecule has 3 aromatic rings. The summed E-state index contributed by atoms with van der Waals surface area (Å²) < 4.78 is 5.53. The number of nitrogens with two attached hydrogens (primary N) is 1. The Kier molecular flexibility index (Phi) is 2.57. The number of aromatic nitrogens is 2. The molecule has 2 N–H and O–H groups in total. The third kappa shape index (κ3) is 1.91. The molecule has 4 rings (SSSR count). The maximum absolute atomic E-state index is 6.13. The Morgan fingerprint density at radius 1 is 1.14 bits per heavy atom. The molecule has 0 saturated heterocycles. The van der Waals surface area contributed by atoms with Crippen LogP contribution in [0.1, 0.15) is 11.1 Å². The lowest BCUT2D eigenvalue weighted by molar-refractivity contribution is 0.357. The molecule has 2 heterocycles. The Labute approximate surface area is 122 Å². The van der Waals surface area contributed by atoms with Crippen molar-refractivity contribution in [2.24, 2.45) is 0 Å². The summed E-state index contributed by atoms with van der Waals surface area (Å²) >= 11 is 0. The zero-order valence-corrected chi connectivity index (χ0v) is 11.8. The molecule has 0 unspecified atom stereocenters. The van der Waals surface area contributed by atoms with Crippen LogP contribution in [0.5, 0.6) is 5.75 Å². The van der Waals surface area contributed by atoms with Crippen molar-refractivity contribution in [3.05, 3.63) is 47.5 Å². The molecule has 1 aromatic heterocycles. The van der Waals surface area contributed by atoms with Gasteiger partial charge in [0, 0.05) is 17.4 Å². The van der Waals surface area contributed by atoms with Crippen LogP contribution in [0.25, 0.3) is 22.3 Å². The molecule has 1 aliphatic heterocycles. The SMILES string of the molecule is Cc1cccc2nc(-c3ccc4c(c3)CCO4)nc(N)c12. The lowest BCUT2D eigenvalue weighted by Gasteiger charge is -2.08. The van der Waals surface area contributed by atoms with Gasteiger partial charge in [0.05, 0.1) is 12.1 Å². The number of hydrogen-bond donors (Lipinski definition) is 1. The van der Waals surface area contributed by atoms with Gasteiger partial charge in [-0.15, -0.1) is 0 Å². The molecule has 2 aromatic carbocycles. The van der Waals surface area contributed by atoms with E-state index in [4.69, 9.17) is 10.5 Å². The van der Waals surface area contributed by atoms with Gasteiger partial charge in [0.15, 0.2) is 5.82 Å². The number of aryl methyl sites for hydroxylation is 1. The molecule has 0 radical (unpaired) electrons. The molecular weight excluding hydrogens is 262 g/mol. The highest BCUT2D eigenvalue weighted by Gasteiger charge is 2.15. The van der Waals surface area contributed by atoms with Crippen LogP contribution < -0.4 is 10.5 Å². The smallest absolute Gasteiger partial charge is 0.162 e. The van der Waals surface area contributed by atoms with Gasteiger partial charge in [0.2, 0.25) is 0 Å². The van der Waals surface area contributed by atoms with Crippen LogP contribution in [0, 0.1) is 6.92 Å². The first-order valence-electron chi connectivity index (χ1n) is 7.01. The Balaban J connectivity index is 1.91. The van der Waals surface area contributed by atoms with Crippen LogP contribution in [0.3, 0.4) is 0 Å². The lowest BCUT2D eigenvalue weighted by Crippen LogP contribution is -1.99. The summed E-state index contributed by atoms with van der Waals surface area (Å²) in [6.45, 7) is 2.77. The van der Waals surface area contributed by atoms with Crippen molar-refractivity contribution in [3.63, 3.8) is 0 Å². The quantitative estimate of drug-likeness (QED) is 0.742. The molecule has 0 aliphatic carbocycles. The van der Waals surface area contributed by atoms with Gasteiger partial charge in [0.25, 0.3) is 0 Å². The van der Waals surface area contributed by atoms with Crippen LogP contribution in [0.4, 0.5) is 5.82 Å². The monoisotopic (exact) mass is 277 g/mol. The zero-order valence-electron chi connectivity index (χ0n) is 11.8. The average Bonchev–Trinajstić information content (AvgIpc) is 2.94. The van der Waals surface area contributed by atoms with E-state index in [0.717, 1.165) is 40.8 Å². The molecular formula is C17H15N3O. The number of benzene rings is 2. The number of rotatable bonds is 1. The van der Waals surface area contributed by atoms with E-state index < -0.39 is 0 Å². The van der Waals surface area contributed by atoms with Gasteiger partial charge in [-0.2, -0.15) is 0 Å². The van der Waals surface area contributed by atoms with Crippen molar-refractivity contribution in [3.8, 4) is 17.1 Å². The molecule has 0 saturated carbocycles. The average molecular weight is 277 g/mol. The first-order valence-corrected chi connectivity index (χ1v) is 7.01. The lowest BCUT2D eigenvalue weighted by atomic mass is 10.1. The Morgan fingerprint density at radius 3 is 2.95 bits per heavy atom. The highest BCUT2D eigenvalue weighted by molar-refractivity contribution is 5.92. The fraction of sp³-hybridized carbons (Fsp3) is 0.176. The van der Waals surface area contributed by atoms with Gasteiger partial charge < -0.3 is 10.5 Å². The number of anilines is 1. The maximum atomic E-state index is 6.13. The number of nitrogens with zero attached hydrogens (tertiary/aromatic N) is 2. The molecule has 1 aliphatic rings. The van der Waals surface area contributed by atoms with Gasteiger partial charge in [-0.05, 0) is 42.3 Å². The first kappa shape index (κ1) is 12.1. The third-order valence-electron chi connectivity index (χ3n) is 3.91. The van der Waals surface area contributed by atoms with Crippen LogP contribution in [-0.2, 0) is 6.42 Å². The Morgan fingerprint density at radius 2 is 2.05 bits per heavy atom. The van der Waals surface area contributed by atoms with E-state index in [-0.39, 0.29) is 0 Å². The van der Waals surface area contributed by atoms with Crippen molar-refractivity contribution in [1.82, 2.24) is 9.97 Å². The van der Waals surface area contributed by atoms with Crippen LogP contribution >= 0.6 is 0 Å². The predicted molar refractivity (Wildman–Crippen MR) is 83.3 cm³/mol. The van der Waals surface area contributed by atoms with Gasteiger partial charge in [-0.25, -0.2) is 9.97 Å². The molecule has 0 spiro atoms. The van der Waals surface area contributed by atoms with Crippen LogP contribution in [0.2, 0.25) is 0 Å². The van der Waals surface area contributed by atoms with E-state index in [0.29, 0.717) is 11.6 Å².